The van der Waals surface area contributed by atoms with Crippen LogP contribution in [0.3, 0.4) is 0 Å². The summed E-state index contributed by atoms with van der Waals surface area (Å²) in [6.07, 6.45) is 3.52. The van der Waals surface area contributed by atoms with Crippen molar-refractivity contribution < 1.29 is 4.74 Å². The summed E-state index contributed by atoms with van der Waals surface area (Å²) >= 11 is 0. The zero-order valence-electron chi connectivity index (χ0n) is 13.0. The van der Waals surface area contributed by atoms with Gasteiger partial charge in [-0.3, -0.25) is 0 Å². The standard InChI is InChI=1S/C17H28N2O/c1-3-15-14-17(20-4-2)8-7-16(15)6-5-11-19-12-9-18-10-13-19/h7-8,14,18H,3-6,9-13H2,1-2H3. The molecule has 0 saturated carbocycles. The minimum absolute atomic E-state index is 0.742. The average molecular weight is 276 g/mol. The number of hydrogen-bond donors (Lipinski definition) is 1. The van der Waals surface area contributed by atoms with E-state index in [9.17, 15) is 0 Å². The van der Waals surface area contributed by atoms with Crippen LogP contribution >= 0.6 is 0 Å². The van der Waals surface area contributed by atoms with Gasteiger partial charge in [0.25, 0.3) is 0 Å². The van der Waals surface area contributed by atoms with Crippen molar-refractivity contribution in [2.45, 2.75) is 33.1 Å². The summed E-state index contributed by atoms with van der Waals surface area (Å²) in [5, 5.41) is 3.40. The van der Waals surface area contributed by atoms with Crippen LogP contribution in [-0.4, -0.2) is 44.2 Å². The Hall–Kier alpha value is -1.06. The highest BCUT2D eigenvalue weighted by molar-refractivity contribution is 5.35. The molecule has 1 saturated heterocycles. The fourth-order valence-electron chi connectivity index (χ4n) is 2.86. The van der Waals surface area contributed by atoms with Gasteiger partial charge in [-0.1, -0.05) is 13.0 Å². The molecule has 112 valence electrons. The molecule has 0 amide bonds. The molecule has 0 aliphatic carbocycles. The lowest BCUT2D eigenvalue weighted by atomic mass is 10.0. The summed E-state index contributed by atoms with van der Waals surface area (Å²) in [7, 11) is 0. The van der Waals surface area contributed by atoms with Crippen molar-refractivity contribution in [3.63, 3.8) is 0 Å². The maximum atomic E-state index is 5.59. The van der Waals surface area contributed by atoms with Gasteiger partial charge in [-0.25, -0.2) is 0 Å². The number of rotatable bonds is 7. The number of nitrogens with zero attached hydrogens (tertiary/aromatic N) is 1. The molecule has 20 heavy (non-hydrogen) atoms. The molecular formula is C17H28N2O. The first-order chi connectivity index (χ1) is 9.83. The number of hydrogen-bond acceptors (Lipinski definition) is 3. The van der Waals surface area contributed by atoms with Gasteiger partial charge < -0.3 is 15.0 Å². The summed E-state index contributed by atoms with van der Waals surface area (Å²) in [6, 6.07) is 6.58. The Morgan fingerprint density at radius 1 is 1.15 bits per heavy atom. The summed E-state index contributed by atoms with van der Waals surface area (Å²) in [6.45, 7) is 10.9. The predicted molar refractivity (Wildman–Crippen MR) is 84.6 cm³/mol. The molecule has 3 heteroatoms. The molecule has 0 unspecified atom stereocenters. The number of piperazine rings is 1. The molecule has 0 radical (unpaired) electrons. The molecule has 1 aliphatic heterocycles. The van der Waals surface area contributed by atoms with Crippen molar-refractivity contribution in [3.05, 3.63) is 29.3 Å². The van der Waals surface area contributed by atoms with Gasteiger partial charge in [0.05, 0.1) is 6.61 Å². The van der Waals surface area contributed by atoms with E-state index in [4.69, 9.17) is 4.74 Å². The largest absolute Gasteiger partial charge is 0.494 e. The average Bonchev–Trinajstić information content (AvgIpc) is 2.50. The smallest absolute Gasteiger partial charge is 0.119 e. The minimum atomic E-state index is 0.742. The molecule has 1 aromatic carbocycles. The van der Waals surface area contributed by atoms with E-state index in [0.717, 1.165) is 31.9 Å². The third-order valence-electron chi connectivity index (χ3n) is 4.00. The Bertz CT molecular complexity index is 400. The van der Waals surface area contributed by atoms with Gasteiger partial charge in [-0.05, 0) is 56.0 Å². The Balaban J connectivity index is 1.84. The summed E-state index contributed by atoms with van der Waals surface area (Å²) in [5.41, 5.74) is 2.93. The van der Waals surface area contributed by atoms with Gasteiger partial charge in [0.1, 0.15) is 5.75 Å². The maximum absolute atomic E-state index is 5.59. The number of benzene rings is 1. The number of aryl methyl sites for hydroxylation is 2. The van der Waals surface area contributed by atoms with Crippen molar-refractivity contribution >= 4 is 0 Å². The molecule has 0 spiro atoms. The summed E-state index contributed by atoms with van der Waals surface area (Å²) in [5.74, 6) is 1.01. The van der Waals surface area contributed by atoms with Crippen LogP contribution in [0.25, 0.3) is 0 Å². The first-order valence-electron chi connectivity index (χ1n) is 8.01. The topological polar surface area (TPSA) is 24.5 Å². The molecule has 1 aromatic rings. The lowest BCUT2D eigenvalue weighted by molar-refractivity contribution is 0.238. The maximum Gasteiger partial charge on any atom is 0.119 e. The third-order valence-corrected chi connectivity index (χ3v) is 4.00. The molecule has 3 nitrogen and oxygen atoms in total. The van der Waals surface area contributed by atoms with Gasteiger partial charge in [0.2, 0.25) is 0 Å². The van der Waals surface area contributed by atoms with E-state index in [1.165, 1.54) is 43.6 Å². The van der Waals surface area contributed by atoms with E-state index < -0.39 is 0 Å². The summed E-state index contributed by atoms with van der Waals surface area (Å²) < 4.78 is 5.59. The van der Waals surface area contributed by atoms with Gasteiger partial charge in [-0.2, -0.15) is 0 Å². The second-order valence-corrected chi connectivity index (χ2v) is 5.41. The second kappa shape index (κ2) is 8.28. The molecule has 0 atom stereocenters. The van der Waals surface area contributed by atoms with Crippen LogP contribution in [0.1, 0.15) is 31.4 Å². The number of nitrogens with one attached hydrogen (secondary N) is 1. The van der Waals surface area contributed by atoms with Crippen LogP contribution in [0.5, 0.6) is 5.75 Å². The van der Waals surface area contributed by atoms with Gasteiger partial charge >= 0.3 is 0 Å². The van der Waals surface area contributed by atoms with Gasteiger partial charge in [0.15, 0.2) is 0 Å². The highest BCUT2D eigenvalue weighted by Gasteiger charge is 2.09. The predicted octanol–water partition coefficient (Wildman–Crippen LogP) is 2.49. The molecule has 2 rings (SSSR count). The molecule has 0 bridgehead atoms. The van der Waals surface area contributed by atoms with E-state index in [0.29, 0.717) is 0 Å². The van der Waals surface area contributed by atoms with Crippen molar-refractivity contribution in [2.75, 3.05) is 39.3 Å². The van der Waals surface area contributed by atoms with E-state index in [1.54, 1.807) is 0 Å². The molecule has 1 aliphatic rings. The van der Waals surface area contributed by atoms with E-state index in [-0.39, 0.29) is 0 Å². The Labute approximate surface area is 123 Å². The van der Waals surface area contributed by atoms with Crippen LogP contribution in [0, 0.1) is 0 Å². The SMILES string of the molecule is CCOc1ccc(CCCN2CCNCC2)c(CC)c1. The molecule has 1 heterocycles. The van der Waals surface area contributed by atoms with Crippen LogP contribution in [0.2, 0.25) is 0 Å². The van der Waals surface area contributed by atoms with Gasteiger partial charge in [0, 0.05) is 26.2 Å². The van der Waals surface area contributed by atoms with Crippen LogP contribution in [0.15, 0.2) is 18.2 Å². The Morgan fingerprint density at radius 3 is 2.65 bits per heavy atom. The van der Waals surface area contributed by atoms with Crippen molar-refractivity contribution in [2.24, 2.45) is 0 Å². The lowest BCUT2D eigenvalue weighted by Gasteiger charge is -2.27. The first-order valence-corrected chi connectivity index (χ1v) is 8.01. The highest BCUT2D eigenvalue weighted by Crippen LogP contribution is 2.20. The zero-order valence-corrected chi connectivity index (χ0v) is 13.0. The number of ether oxygens (including phenoxy) is 1. The van der Waals surface area contributed by atoms with Crippen LogP contribution < -0.4 is 10.1 Å². The van der Waals surface area contributed by atoms with Crippen LogP contribution in [-0.2, 0) is 12.8 Å². The fourth-order valence-corrected chi connectivity index (χ4v) is 2.86. The van der Waals surface area contributed by atoms with E-state index in [2.05, 4.69) is 35.3 Å². The van der Waals surface area contributed by atoms with Crippen LogP contribution in [0.4, 0.5) is 0 Å². The van der Waals surface area contributed by atoms with E-state index >= 15 is 0 Å². The second-order valence-electron chi connectivity index (χ2n) is 5.41. The monoisotopic (exact) mass is 276 g/mol. The van der Waals surface area contributed by atoms with E-state index in [1.807, 2.05) is 6.92 Å². The fraction of sp³-hybridized carbons (Fsp3) is 0.647. The Morgan fingerprint density at radius 2 is 1.95 bits per heavy atom. The van der Waals surface area contributed by atoms with Crippen molar-refractivity contribution in [1.29, 1.82) is 0 Å². The quantitative estimate of drug-likeness (QED) is 0.828. The van der Waals surface area contributed by atoms with Gasteiger partial charge in [-0.15, -0.1) is 0 Å². The molecular weight excluding hydrogens is 248 g/mol. The third kappa shape index (κ3) is 4.50. The first kappa shape index (κ1) is 15.3. The molecule has 0 aromatic heterocycles. The zero-order chi connectivity index (χ0) is 14.2. The highest BCUT2D eigenvalue weighted by atomic mass is 16.5. The van der Waals surface area contributed by atoms with Crippen molar-refractivity contribution in [1.82, 2.24) is 10.2 Å². The minimum Gasteiger partial charge on any atom is -0.494 e. The lowest BCUT2D eigenvalue weighted by Crippen LogP contribution is -2.43. The molecule has 1 N–H and O–H groups in total. The Kier molecular flexibility index (Phi) is 6.34. The normalized spacial score (nSPS) is 16.3. The van der Waals surface area contributed by atoms with Crippen molar-refractivity contribution in [3.8, 4) is 5.75 Å². The summed E-state index contributed by atoms with van der Waals surface area (Å²) in [4.78, 5) is 2.57. The molecule has 1 fully saturated rings.